The number of benzene rings is 1. The lowest BCUT2D eigenvalue weighted by Crippen LogP contribution is -2.19. The van der Waals surface area contributed by atoms with Crippen LogP contribution in [0.1, 0.15) is 11.1 Å². The number of aliphatic hydroxyl groups excluding tert-OH is 2. The number of halogens is 3. The van der Waals surface area contributed by atoms with Gasteiger partial charge in [-0.25, -0.2) is 0 Å². The largest absolute Gasteiger partial charge is 0.416 e. The van der Waals surface area contributed by atoms with Crippen LogP contribution in [0.2, 0.25) is 0 Å². The number of rotatable bonds is 6. The van der Waals surface area contributed by atoms with Crippen LogP contribution in [-0.2, 0) is 22.8 Å². The summed E-state index contributed by atoms with van der Waals surface area (Å²) >= 11 is 0. The van der Waals surface area contributed by atoms with E-state index in [1.54, 1.807) is 0 Å². The fraction of sp³-hybridized carbons (Fsp3) is 0.500. The molecule has 2 N–H and O–H groups in total. The Hall–Kier alpha value is -0.720. The van der Waals surface area contributed by atoms with Crippen molar-refractivity contribution in [2.24, 2.45) is 0 Å². The second-order valence-corrected chi connectivity index (χ2v) is 6.14. The van der Waals surface area contributed by atoms with Gasteiger partial charge in [0.2, 0.25) is 0 Å². The molecule has 0 spiro atoms. The highest BCUT2D eigenvalue weighted by Gasteiger charge is 2.30. The first kappa shape index (κ1) is 15.3. The van der Waals surface area contributed by atoms with Crippen LogP contribution in [-0.4, -0.2) is 34.9 Å². The molecule has 18 heavy (non-hydrogen) atoms. The van der Waals surface area contributed by atoms with Crippen molar-refractivity contribution in [3.63, 3.8) is 0 Å². The Morgan fingerprint density at radius 3 is 1.83 bits per heavy atom. The molecule has 0 fully saturated rings. The molecule has 0 unspecified atom stereocenters. The summed E-state index contributed by atoms with van der Waals surface area (Å²) < 4.78 is 37.1. The van der Waals surface area contributed by atoms with E-state index in [1.807, 2.05) is 0 Å². The molecule has 0 bridgehead atoms. The molecule has 1 aromatic rings. The summed E-state index contributed by atoms with van der Waals surface area (Å²) in [7, 11) is -0.185. The van der Waals surface area contributed by atoms with Crippen molar-refractivity contribution in [3.8, 4) is 0 Å². The Morgan fingerprint density at radius 1 is 0.944 bits per heavy atom. The van der Waals surface area contributed by atoms with Gasteiger partial charge in [-0.05, 0) is 23.0 Å². The van der Waals surface area contributed by atoms with Gasteiger partial charge in [-0.15, -0.1) is 0 Å². The Balaban J connectivity index is 2.67. The van der Waals surface area contributed by atoms with Gasteiger partial charge >= 0.3 is 6.18 Å². The molecule has 0 radical (unpaired) electrons. The van der Waals surface area contributed by atoms with Gasteiger partial charge in [-0.1, -0.05) is 12.1 Å². The summed E-state index contributed by atoms with van der Waals surface area (Å²) in [5, 5.41) is 17.7. The minimum atomic E-state index is -4.31. The van der Waals surface area contributed by atoms with Gasteiger partial charge in [-0.2, -0.15) is 13.2 Å². The highest BCUT2D eigenvalue weighted by Crippen LogP contribution is 2.29. The Morgan fingerprint density at radius 2 is 1.44 bits per heavy atom. The molecule has 0 aliphatic heterocycles. The van der Waals surface area contributed by atoms with Crippen LogP contribution in [0, 0.1) is 0 Å². The van der Waals surface area contributed by atoms with Crippen molar-refractivity contribution in [2.75, 3.05) is 24.7 Å². The minimum absolute atomic E-state index is 0.0315. The average Bonchev–Trinajstić information content (AvgIpc) is 2.29. The van der Waals surface area contributed by atoms with Crippen LogP contribution in [0.3, 0.4) is 0 Å². The quantitative estimate of drug-likeness (QED) is 0.781. The molecule has 0 aliphatic rings. The van der Waals surface area contributed by atoms with E-state index in [2.05, 4.69) is 0 Å². The van der Waals surface area contributed by atoms with Crippen LogP contribution >= 0.6 is 0 Å². The molecule has 0 amide bonds. The van der Waals surface area contributed by atoms with Crippen molar-refractivity contribution in [1.29, 1.82) is 0 Å². The standard InChI is InChI=1S/C12H16F3O2S/c13-12(14,15)11-3-1-10(2-4-11)9-18(7-5-16)8-6-17/h1-4,16-17H,5-9H2/q+1. The third-order valence-corrected chi connectivity index (χ3v) is 4.67. The van der Waals surface area contributed by atoms with E-state index in [-0.39, 0.29) is 24.1 Å². The third kappa shape index (κ3) is 4.88. The maximum Gasteiger partial charge on any atom is 0.416 e. The molecule has 1 aromatic carbocycles. The zero-order valence-electron chi connectivity index (χ0n) is 9.78. The van der Waals surface area contributed by atoms with E-state index in [0.717, 1.165) is 17.7 Å². The fourth-order valence-corrected chi connectivity index (χ4v) is 3.20. The summed E-state index contributed by atoms with van der Waals surface area (Å²) in [5.41, 5.74) is 0.142. The molecule has 0 heterocycles. The molecule has 0 saturated carbocycles. The van der Waals surface area contributed by atoms with Crippen LogP contribution < -0.4 is 0 Å². The maximum absolute atomic E-state index is 12.4. The SMILES string of the molecule is OCC[S+](CCO)Cc1ccc(C(F)(F)F)cc1. The number of alkyl halides is 3. The smallest absolute Gasteiger partial charge is 0.391 e. The van der Waals surface area contributed by atoms with E-state index in [4.69, 9.17) is 10.2 Å². The summed E-state index contributed by atoms with van der Waals surface area (Å²) in [4.78, 5) is 0. The van der Waals surface area contributed by atoms with Gasteiger partial charge in [0.05, 0.1) is 18.8 Å². The van der Waals surface area contributed by atoms with Crippen LogP contribution in [0.5, 0.6) is 0 Å². The fourth-order valence-electron chi connectivity index (χ4n) is 1.53. The van der Waals surface area contributed by atoms with Crippen molar-refractivity contribution < 1.29 is 23.4 Å². The third-order valence-electron chi connectivity index (χ3n) is 2.41. The average molecular weight is 281 g/mol. The molecule has 0 saturated heterocycles. The highest BCUT2D eigenvalue weighted by molar-refractivity contribution is 7.96. The first-order valence-corrected chi connectivity index (χ1v) is 7.22. The van der Waals surface area contributed by atoms with E-state index >= 15 is 0 Å². The predicted molar refractivity (Wildman–Crippen MR) is 66.4 cm³/mol. The molecule has 102 valence electrons. The highest BCUT2D eigenvalue weighted by atomic mass is 32.2. The van der Waals surface area contributed by atoms with Crippen LogP contribution in [0.4, 0.5) is 13.2 Å². The van der Waals surface area contributed by atoms with Gasteiger partial charge in [0.15, 0.2) is 0 Å². The number of hydrogen-bond acceptors (Lipinski definition) is 2. The van der Waals surface area contributed by atoms with Gasteiger partial charge in [0.25, 0.3) is 0 Å². The zero-order valence-corrected chi connectivity index (χ0v) is 10.6. The monoisotopic (exact) mass is 281 g/mol. The van der Waals surface area contributed by atoms with Gasteiger partial charge in [0.1, 0.15) is 17.3 Å². The Labute approximate surface area is 107 Å². The lowest BCUT2D eigenvalue weighted by atomic mass is 10.1. The molecular weight excluding hydrogens is 265 g/mol. The van der Waals surface area contributed by atoms with Crippen molar-refractivity contribution >= 4 is 10.9 Å². The van der Waals surface area contributed by atoms with Crippen molar-refractivity contribution in [1.82, 2.24) is 0 Å². The predicted octanol–water partition coefficient (Wildman–Crippen LogP) is 1.81. The maximum atomic E-state index is 12.4. The topological polar surface area (TPSA) is 40.5 Å². The molecular formula is C12H16F3O2S+. The van der Waals surface area contributed by atoms with Crippen LogP contribution in [0.15, 0.2) is 24.3 Å². The summed E-state index contributed by atoms with van der Waals surface area (Å²) in [6, 6.07) is 5.04. The van der Waals surface area contributed by atoms with E-state index in [1.165, 1.54) is 12.1 Å². The van der Waals surface area contributed by atoms with Crippen LogP contribution in [0.25, 0.3) is 0 Å². The molecule has 0 atom stereocenters. The molecule has 0 aliphatic carbocycles. The normalized spacial score (nSPS) is 12.1. The summed E-state index contributed by atoms with van der Waals surface area (Å²) in [5.74, 6) is 1.74. The van der Waals surface area contributed by atoms with Gasteiger partial charge in [0, 0.05) is 5.56 Å². The molecule has 1 rings (SSSR count). The van der Waals surface area contributed by atoms with E-state index in [9.17, 15) is 13.2 Å². The number of aliphatic hydroxyl groups is 2. The van der Waals surface area contributed by atoms with E-state index in [0.29, 0.717) is 17.3 Å². The Bertz CT molecular complexity index is 345. The first-order valence-electron chi connectivity index (χ1n) is 5.49. The molecule has 6 heteroatoms. The van der Waals surface area contributed by atoms with Crippen molar-refractivity contribution in [3.05, 3.63) is 35.4 Å². The lowest BCUT2D eigenvalue weighted by Gasteiger charge is -2.09. The van der Waals surface area contributed by atoms with E-state index < -0.39 is 11.7 Å². The molecule has 2 nitrogen and oxygen atoms in total. The zero-order chi connectivity index (χ0) is 13.6. The minimum Gasteiger partial charge on any atom is -0.391 e. The summed E-state index contributed by atoms with van der Waals surface area (Å²) in [6.45, 7) is 0.0630. The lowest BCUT2D eigenvalue weighted by molar-refractivity contribution is -0.137. The van der Waals surface area contributed by atoms with Crippen molar-refractivity contribution in [2.45, 2.75) is 11.9 Å². The number of hydrogen-bond donors (Lipinski definition) is 2. The second-order valence-electron chi connectivity index (χ2n) is 3.81. The van der Waals surface area contributed by atoms with Gasteiger partial charge < -0.3 is 10.2 Å². The summed E-state index contributed by atoms with van der Waals surface area (Å²) in [6.07, 6.45) is -4.31. The molecule has 0 aromatic heterocycles. The second kappa shape index (κ2) is 7.01. The van der Waals surface area contributed by atoms with Gasteiger partial charge in [-0.3, -0.25) is 0 Å². The Kier molecular flexibility index (Phi) is 5.98. The first-order chi connectivity index (χ1) is 8.47.